The Balaban J connectivity index is 1.49. The number of carbonyl (C=O) groups is 2. The van der Waals surface area contributed by atoms with Crippen molar-refractivity contribution in [2.45, 2.75) is 142 Å². The van der Waals surface area contributed by atoms with Crippen molar-refractivity contribution in [2.75, 3.05) is 11.9 Å². The molecule has 16 heteroatoms. The summed E-state index contributed by atoms with van der Waals surface area (Å²) in [5, 5.41) is 21.3. The number of hydrogen-bond acceptors (Lipinski definition) is 7. The number of aliphatic hydroxyl groups excluding tert-OH is 1. The van der Waals surface area contributed by atoms with Crippen molar-refractivity contribution in [3.8, 4) is 11.1 Å². The second-order valence-electron chi connectivity index (χ2n) is 16.6. The smallest absolute Gasteiger partial charge is 0.267 e. The maximum Gasteiger partial charge on any atom is 0.267 e. The summed E-state index contributed by atoms with van der Waals surface area (Å²) >= 11 is 0. The minimum absolute atomic E-state index is 0.0449. The summed E-state index contributed by atoms with van der Waals surface area (Å²) in [4.78, 5) is 31.9. The zero-order chi connectivity index (χ0) is 40.0. The highest BCUT2D eigenvalue weighted by Gasteiger charge is 2.44. The van der Waals surface area contributed by atoms with Crippen LogP contribution in [0.1, 0.15) is 97.6 Å². The molecule has 4 N–H and O–H groups in total. The van der Waals surface area contributed by atoms with Gasteiger partial charge in [-0.15, -0.1) is 0 Å². The van der Waals surface area contributed by atoms with Gasteiger partial charge in [-0.05, 0) is 49.8 Å². The van der Waals surface area contributed by atoms with Gasteiger partial charge in [0.05, 0.1) is 24.4 Å². The number of hydrogen-bond donors (Lipinski definition) is 3. The average Bonchev–Trinajstić information content (AvgIpc) is 3.67. The number of ether oxygens (including phenoxy) is 1. The van der Waals surface area contributed by atoms with E-state index in [-0.39, 0.29) is 47.1 Å². The Kier molecular flexibility index (Phi) is 14.3. The number of nitrogens with zero attached hydrogens (tertiary/aromatic N) is 5. The van der Waals surface area contributed by atoms with Gasteiger partial charge < -0.3 is 20.9 Å². The first kappa shape index (κ1) is 42.5. The van der Waals surface area contributed by atoms with E-state index in [4.69, 9.17) is 10.5 Å². The van der Waals surface area contributed by atoms with Crippen LogP contribution in [-0.4, -0.2) is 74.8 Å². The van der Waals surface area contributed by atoms with Crippen LogP contribution in [0.25, 0.3) is 11.1 Å². The van der Waals surface area contributed by atoms with Gasteiger partial charge in [-0.1, -0.05) is 83.8 Å². The summed E-state index contributed by atoms with van der Waals surface area (Å²) in [5.74, 6) is -3.49. The quantitative estimate of drug-likeness (QED) is 0.0547. The molecule has 0 aliphatic heterocycles. The van der Waals surface area contributed by atoms with E-state index in [9.17, 15) is 27.9 Å². The van der Waals surface area contributed by atoms with Gasteiger partial charge >= 0.3 is 0 Å². The molecule has 2 aliphatic rings. The number of primary amides is 1. The van der Waals surface area contributed by atoms with E-state index >= 15 is 4.39 Å². The highest BCUT2D eigenvalue weighted by Crippen LogP contribution is 2.48. The van der Waals surface area contributed by atoms with Gasteiger partial charge in [-0.2, -0.15) is 14.6 Å². The van der Waals surface area contributed by atoms with Crippen LogP contribution in [0.2, 0.25) is 25.7 Å². The molecule has 0 bridgehead atoms. The van der Waals surface area contributed by atoms with Crippen LogP contribution < -0.4 is 11.1 Å². The molecule has 2 unspecified atom stereocenters. The van der Waals surface area contributed by atoms with Gasteiger partial charge in [-0.25, -0.2) is 22.8 Å². The standard InChI is InChI=1S/C39H57F4N7O4Si/c1-23-31(24(2)50(48-23)22-54-18-19-55(3,4)5)27-16-17-30(46-37(27)43)47-39(53)33(32(25-12-8-6-9-13-25)26-14-10-7-11-15-26)28-20-45-49(34(28)38(44)52)21-29(40)35(51)36(41)42/h16-17,20,25-26,29,32-33,35-36,51H,6-15,18-19,21-22H2,1-5H3,(H2,44,52)(H,46,47,53)/t29?,33-,35?/m1/s1. The second kappa shape index (κ2) is 18.5. The van der Waals surface area contributed by atoms with Crippen LogP contribution in [0.5, 0.6) is 0 Å². The number of amides is 2. The summed E-state index contributed by atoms with van der Waals surface area (Å²) in [5.41, 5.74) is 7.80. The van der Waals surface area contributed by atoms with Crippen LogP contribution in [0, 0.1) is 37.5 Å². The Morgan fingerprint density at radius 2 is 1.62 bits per heavy atom. The highest BCUT2D eigenvalue weighted by atomic mass is 28.3. The van der Waals surface area contributed by atoms with Crippen molar-refractivity contribution in [2.24, 2.45) is 23.5 Å². The Morgan fingerprint density at radius 1 is 1.00 bits per heavy atom. The Bertz CT molecular complexity index is 1750. The summed E-state index contributed by atoms with van der Waals surface area (Å²) in [7, 11) is -1.28. The van der Waals surface area contributed by atoms with Gasteiger partial charge in [0.1, 0.15) is 24.3 Å². The third-order valence-electron chi connectivity index (χ3n) is 11.4. The molecule has 304 valence electrons. The predicted molar refractivity (Wildman–Crippen MR) is 205 cm³/mol. The Hall–Kier alpha value is -3.63. The van der Waals surface area contributed by atoms with E-state index in [1.165, 1.54) is 12.3 Å². The fourth-order valence-electron chi connectivity index (χ4n) is 8.59. The second-order valence-corrected chi connectivity index (χ2v) is 22.2. The molecule has 5 rings (SSSR count). The molecule has 3 aromatic heterocycles. The van der Waals surface area contributed by atoms with Crippen LogP contribution in [0.4, 0.5) is 23.4 Å². The van der Waals surface area contributed by atoms with E-state index < -0.39 is 57.0 Å². The third kappa shape index (κ3) is 10.4. The highest BCUT2D eigenvalue weighted by molar-refractivity contribution is 6.76. The number of aryl methyl sites for hydroxylation is 1. The SMILES string of the molecule is Cc1nn(COCC[Si](C)(C)C)c(C)c1-c1ccc(NC(=O)[C@H](c2cnn(CC(F)C(O)C(F)F)c2C(N)=O)C(C2CCCCC2)C2CCCCC2)nc1F. The first-order chi connectivity index (χ1) is 26.1. The molecule has 2 aliphatic carbocycles. The van der Waals surface area contributed by atoms with Gasteiger partial charge in [0.2, 0.25) is 11.9 Å². The number of anilines is 1. The molecule has 55 heavy (non-hydrogen) atoms. The summed E-state index contributed by atoms with van der Waals surface area (Å²) in [6.07, 6.45) is 2.39. The lowest BCUT2D eigenvalue weighted by Crippen LogP contribution is -2.39. The molecule has 3 heterocycles. The fraction of sp³-hybridized carbons (Fsp3) is 0.667. The third-order valence-corrected chi connectivity index (χ3v) is 13.1. The van der Waals surface area contributed by atoms with Crippen molar-refractivity contribution >= 4 is 25.7 Å². The molecule has 2 fully saturated rings. The molecule has 2 saturated carbocycles. The number of aromatic nitrogens is 5. The summed E-state index contributed by atoms with van der Waals surface area (Å²) < 4.78 is 65.6. The van der Waals surface area contributed by atoms with Crippen LogP contribution >= 0.6 is 0 Å². The average molecular weight is 792 g/mol. The molecule has 11 nitrogen and oxygen atoms in total. The van der Waals surface area contributed by atoms with Crippen LogP contribution in [0.3, 0.4) is 0 Å². The van der Waals surface area contributed by atoms with Crippen molar-refractivity contribution in [1.29, 1.82) is 0 Å². The number of alkyl halides is 3. The first-order valence-corrected chi connectivity index (χ1v) is 23.3. The normalized spacial score (nSPS) is 17.8. The number of halogens is 4. The molecule has 0 aromatic carbocycles. The van der Waals surface area contributed by atoms with E-state index in [1.807, 2.05) is 6.92 Å². The number of aliphatic hydroxyl groups is 1. The Labute approximate surface area is 321 Å². The number of nitrogens with one attached hydrogen (secondary N) is 1. The predicted octanol–water partition coefficient (Wildman–Crippen LogP) is 7.77. The molecule has 3 atom stereocenters. The van der Waals surface area contributed by atoms with Gasteiger partial charge in [0, 0.05) is 37.1 Å². The van der Waals surface area contributed by atoms with Gasteiger partial charge in [-0.3, -0.25) is 14.3 Å². The first-order valence-electron chi connectivity index (χ1n) is 19.6. The minimum atomic E-state index is -3.36. The number of rotatable bonds is 17. The monoisotopic (exact) mass is 791 g/mol. The maximum absolute atomic E-state index is 16.0. The minimum Gasteiger partial charge on any atom is -0.384 e. The van der Waals surface area contributed by atoms with Crippen molar-refractivity contribution in [3.63, 3.8) is 0 Å². The van der Waals surface area contributed by atoms with Crippen molar-refractivity contribution in [1.82, 2.24) is 24.5 Å². The van der Waals surface area contributed by atoms with Gasteiger partial charge in [0.25, 0.3) is 12.3 Å². The van der Waals surface area contributed by atoms with Crippen molar-refractivity contribution in [3.05, 3.63) is 46.9 Å². The zero-order valence-electron chi connectivity index (χ0n) is 32.7. The molecular weight excluding hydrogens is 735 g/mol. The topological polar surface area (TPSA) is 150 Å². The lowest BCUT2D eigenvalue weighted by molar-refractivity contribution is -0.120. The number of nitrogens with two attached hydrogens (primary N) is 1. The largest absolute Gasteiger partial charge is 0.384 e. The molecule has 2 amide bonds. The van der Waals surface area contributed by atoms with E-state index in [0.717, 1.165) is 74.9 Å². The lowest BCUT2D eigenvalue weighted by atomic mass is 9.63. The van der Waals surface area contributed by atoms with E-state index in [1.54, 1.807) is 17.7 Å². The molecular formula is C39H57F4N7O4Si. The molecule has 0 saturated heterocycles. The summed E-state index contributed by atoms with van der Waals surface area (Å²) in [6.45, 7) is 10.4. The molecule has 0 radical (unpaired) electrons. The lowest BCUT2D eigenvalue weighted by Gasteiger charge is -2.41. The summed E-state index contributed by atoms with van der Waals surface area (Å²) in [6, 6.07) is 4.06. The fourth-order valence-corrected chi connectivity index (χ4v) is 9.35. The zero-order valence-corrected chi connectivity index (χ0v) is 33.7. The molecule has 0 spiro atoms. The molecule has 3 aromatic rings. The van der Waals surface area contributed by atoms with Gasteiger partial charge in [0.15, 0.2) is 6.17 Å². The van der Waals surface area contributed by atoms with E-state index in [2.05, 4.69) is 40.1 Å². The maximum atomic E-state index is 16.0. The van der Waals surface area contributed by atoms with E-state index in [0.29, 0.717) is 23.6 Å². The number of carbonyl (C=O) groups excluding carboxylic acids is 2. The number of pyridine rings is 1. The van der Waals surface area contributed by atoms with Crippen LogP contribution in [0.15, 0.2) is 18.3 Å². The Morgan fingerprint density at radius 3 is 2.16 bits per heavy atom. The van der Waals surface area contributed by atoms with Crippen LogP contribution in [-0.2, 0) is 22.8 Å². The van der Waals surface area contributed by atoms with Crippen molar-refractivity contribution < 1.29 is 37.0 Å².